The minimum Gasteiger partial charge on any atom is -0.373 e. The lowest BCUT2D eigenvalue weighted by Crippen LogP contribution is -2.30. The fourth-order valence-electron chi connectivity index (χ4n) is 1.86. The van der Waals surface area contributed by atoms with Crippen molar-refractivity contribution in [2.75, 3.05) is 25.2 Å². The van der Waals surface area contributed by atoms with Gasteiger partial charge in [-0.1, -0.05) is 18.5 Å². The molecule has 17 heavy (non-hydrogen) atoms. The second-order valence-corrected chi connectivity index (χ2v) is 5.24. The third-order valence-corrected chi connectivity index (χ3v) is 3.86. The number of hydrogen-bond acceptors (Lipinski definition) is 6. The normalized spacial score (nSPS) is 22.6. The highest BCUT2D eigenvalue weighted by molar-refractivity contribution is 7.99. The van der Waals surface area contributed by atoms with E-state index in [0.29, 0.717) is 11.7 Å². The minimum absolute atomic E-state index is 0.0475. The molecule has 0 amide bonds. The van der Waals surface area contributed by atoms with Crippen molar-refractivity contribution in [1.29, 1.82) is 0 Å². The van der Waals surface area contributed by atoms with Crippen LogP contribution >= 0.6 is 11.8 Å². The number of nitrogens with one attached hydrogen (secondary N) is 1. The zero-order valence-corrected chi connectivity index (χ0v) is 11.1. The van der Waals surface area contributed by atoms with Crippen LogP contribution in [-0.2, 0) is 4.74 Å². The third-order valence-electron chi connectivity index (χ3n) is 2.80. The fraction of sp³-hybridized carbons (Fsp3) is 0.818. The Balaban J connectivity index is 2.03. The monoisotopic (exact) mass is 257 g/mol. The summed E-state index contributed by atoms with van der Waals surface area (Å²) >= 11 is 1.91. The Morgan fingerprint density at radius 2 is 2.53 bits per heavy atom. The van der Waals surface area contributed by atoms with Crippen LogP contribution in [0.1, 0.15) is 43.6 Å². The molecule has 5 nitrogen and oxygen atoms in total. The van der Waals surface area contributed by atoms with E-state index in [0.717, 1.165) is 30.9 Å². The molecule has 2 heterocycles. The Hall–Kier alpha value is -0.590. The second-order valence-electron chi connectivity index (χ2n) is 4.09. The molecule has 0 saturated carbocycles. The van der Waals surface area contributed by atoms with Gasteiger partial charge in [-0.3, -0.25) is 0 Å². The van der Waals surface area contributed by atoms with Gasteiger partial charge in [0.1, 0.15) is 6.10 Å². The van der Waals surface area contributed by atoms with Gasteiger partial charge in [0.25, 0.3) is 0 Å². The van der Waals surface area contributed by atoms with Crippen LogP contribution in [0.5, 0.6) is 0 Å². The zero-order valence-electron chi connectivity index (χ0n) is 10.3. The highest BCUT2D eigenvalue weighted by atomic mass is 32.2. The molecule has 2 rings (SSSR count). The second kappa shape index (κ2) is 6.37. The van der Waals surface area contributed by atoms with E-state index in [9.17, 15) is 0 Å². The predicted octanol–water partition coefficient (Wildman–Crippen LogP) is 1.93. The Kier molecular flexibility index (Phi) is 4.82. The molecule has 6 heteroatoms. The molecule has 1 aromatic heterocycles. The van der Waals surface area contributed by atoms with Crippen molar-refractivity contribution in [2.24, 2.45) is 0 Å². The number of ether oxygens (including phenoxy) is 1. The number of rotatable bonds is 5. The van der Waals surface area contributed by atoms with Crippen LogP contribution in [0, 0.1) is 0 Å². The van der Waals surface area contributed by atoms with Gasteiger partial charge < -0.3 is 14.6 Å². The minimum atomic E-state index is -0.0475. The molecule has 0 bridgehead atoms. The summed E-state index contributed by atoms with van der Waals surface area (Å²) in [4.78, 5) is 4.45. The van der Waals surface area contributed by atoms with Crippen molar-refractivity contribution in [1.82, 2.24) is 15.5 Å². The Morgan fingerprint density at radius 1 is 1.65 bits per heavy atom. The lowest BCUT2D eigenvalue weighted by Gasteiger charge is -2.19. The summed E-state index contributed by atoms with van der Waals surface area (Å²) in [6.07, 6.45) is 1.91. The van der Waals surface area contributed by atoms with E-state index in [2.05, 4.69) is 22.4 Å². The van der Waals surface area contributed by atoms with Gasteiger partial charge in [0, 0.05) is 25.2 Å². The molecule has 0 aromatic carbocycles. The van der Waals surface area contributed by atoms with Gasteiger partial charge in [0.15, 0.2) is 0 Å². The Bertz CT molecular complexity index is 320. The van der Waals surface area contributed by atoms with E-state index in [1.165, 1.54) is 0 Å². The molecule has 1 N–H and O–H groups in total. The van der Waals surface area contributed by atoms with Gasteiger partial charge in [0.2, 0.25) is 11.7 Å². The molecular formula is C11H19N3O2S. The van der Waals surface area contributed by atoms with Gasteiger partial charge in [-0.2, -0.15) is 16.7 Å². The van der Waals surface area contributed by atoms with E-state index in [4.69, 9.17) is 9.26 Å². The molecule has 0 radical (unpaired) electrons. The van der Waals surface area contributed by atoms with Gasteiger partial charge in [-0.15, -0.1) is 0 Å². The topological polar surface area (TPSA) is 60.2 Å². The van der Waals surface area contributed by atoms with Crippen molar-refractivity contribution < 1.29 is 9.26 Å². The van der Waals surface area contributed by atoms with Crippen molar-refractivity contribution in [3.05, 3.63) is 11.7 Å². The first kappa shape index (κ1) is 12.9. The third kappa shape index (κ3) is 3.20. The van der Waals surface area contributed by atoms with Crippen LogP contribution < -0.4 is 5.32 Å². The van der Waals surface area contributed by atoms with E-state index >= 15 is 0 Å². The van der Waals surface area contributed by atoms with Crippen LogP contribution in [0.25, 0.3) is 0 Å². The number of thioether (sulfide) groups is 1. The maximum absolute atomic E-state index is 5.37. The summed E-state index contributed by atoms with van der Waals surface area (Å²) in [5, 5.41) is 7.40. The maximum atomic E-state index is 5.37. The SMILES string of the molecule is CCCC(OC)c1noc(C2CSCCN2)n1. The van der Waals surface area contributed by atoms with E-state index in [1.54, 1.807) is 7.11 Å². The molecule has 1 aliphatic rings. The number of methoxy groups -OCH3 is 1. The molecule has 2 unspecified atom stereocenters. The quantitative estimate of drug-likeness (QED) is 0.870. The van der Waals surface area contributed by atoms with E-state index in [1.807, 2.05) is 11.8 Å². The fourth-order valence-corrected chi connectivity index (χ4v) is 2.78. The molecule has 2 atom stereocenters. The van der Waals surface area contributed by atoms with Crippen molar-refractivity contribution in [2.45, 2.75) is 31.9 Å². The standard InChI is InChI=1S/C11H19N3O2S/c1-3-4-9(15-2)10-13-11(16-14-10)8-7-17-6-5-12-8/h8-9,12H,3-7H2,1-2H3. The van der Waals surface area contributed by atoms with Crippen molar-refractivity contribution >= 4 is 11.8 Å². The summed E-state index contributed by atoms with van der Waals surface area (Å²) in [6, 6.07) is 0.189. The lowest BCUT2D eigenvalue weighted by molar-refractivity contribution is 0.0854. The summed E-state index contributed by atoms with van der Waals surface area (Å²) in [6.45, 7) is 3.11. The summed E-state index contributed by atoms with van der Waals surface area (Å²) in [5.41, 5.74) is 0. The molecule has 1 aromatic rings. The number of aromatic nitrogens is 2. The van der Waals surface area contributed by atoms with Gasteiger partial charge in [0.05, 0.1) is 6.04 Å². The zero-order chi connectivity index (χ0) is 12.1. The number of hydrogen-bond donors (Lipinski definition) is 1. The molecule has 0 aliphatic carbocycles. The predicted molar refractivity (Wildman–Crippen MR) is 67.0 cm³/mol. The van der Waals surface area contributed by atoms with Crippen LogP contribution in [-0.4, -0.2) is 35.3 Å². The molecule has 1 aliphatic heterocycles. The molecule has 1 saturated heterocycles. The van der Waals surface area contributed by atoms with Gasteiger partial charge in [-0.05, 0) is 6.42 Å². The van der Waals surface area contributed by atoms with Crippen molar-refractivity contribution in [3.8, 4) is 0 Å². The average molecular weight is 257 g/mol. The lowest BCUT2D eigenvalue weighted by atomic mass is 10.2. The number of nitrogens with zero attached hydrogens (tertiary/aromatic N) is 2. The summed E-state index contributed by atoms with van der Waals surface area (Å²) in [7, 11) is 1.69. The van der Waals surface area contributed by atoms with Crippen LogP contribution in [0.15, 0.2) is 4.52 Å². The molecular weight excluding hydrogens is 238 g/mol. The first-order valence-corrected chi connectivity index (χ1v) is 7.18. The van der Waals surface area contributed by atoms with Crippen LogP contribution in [0.3, 0.4) is 0 Å². The van der Waals surface area contributed by atoms with Crippen LogP contribution in [0.2, 0.25) is 0 Å². The summed E-state index contributed by atoms with van der Waals surface area (Å²) in [5.74, 6) is 3.49. The summed E-state index contributed by atoms with van der Waals surface area (Å²) < 4.78 is 10.7. The molecule has 1 fully saturated rings. The van der Waals surface area contributed by atoms with Gasteiger partial charge >= 0.3 is 0 Å². The smallest absolute Gasteiger partial charge is 0.244 e. The largest absolute Gasteiger partial charge is 0.373 e. The average Bonchev–Trinajstić information content (AvgIpc) is 2.86. The first-order valence-electron chi connectivity index (χ1n) is 6.02. The van der Waals surface area contributed by atoms with Crippen LogP contribution in [0.4, 0.5) is 0 Å². The Labute approximate surface area is 106 Å². The highest BCUT2D eigenvalue weighted by Crippen LogP contribution is 2.24. The van der Waals surface area contributed by atoms with Crippen molar-refractivity contribution in [3.63, 3.8) is 0 Å². The van der Waals surface area contributed by atoms with Gasteiger partial charge in [-0.25, -0.2) is 0 Å². The molecule has 96 valence electrons. The first-order chi connectivity index (χ1) is 8.35. The Morgan fingerprint density at radius 3 is 3.18 bits per heavy atom. The molecule has 0 spiro atoms. The van der Waals surface area contributed by atoms with E-state index < -0.39 is 0 Å². The maximum Gasteiger partial charge on any atom is 0.244 e. The highest BCUT2D eigenvalue weighted by Gasteiger charge is 2.23. The van der Waals surface area contributed by atoms with E-state index in [-0.39, 0.29) is 12.1 Å².